The molecule has 1 unspecified atom stereocenters. The average Bonchev–Trinajstić information content (AvgIpc) is 2.10. The van der Waals surface area contributed by atoms with Gasteiger partial charge in [0.1, 0.15) is 6.54 Å². The number of hydrogen-bond acceptors (Lipinski definition) is 2. The van der Waals surface area contributed by atoms with Crippen molar-refractivity contribution >= 4 is 12.0 Å². The van der Waals surface area contributed by atoms with Crippen molar-refractivity contribution in [2.75, 3.05) is 20.1 Å². The van der Waals surface area contributed by atoms with Crippen LogP contribution < -0.4 is 5.32 Å². The van der Waals surface area contributed by atoms with Crippen LogP contribution in [0.2, 0.25) is 0 Å². The molecule has 94 valence electrons. The molecule has 5 nitrogen and oxygen atoms in total. The lowest BCUT2D eigenvalue weighted by Gasteiger charge is -2.28. The molecular weight excluding hydrogens is 208 g/mol. The first-order chi connectivity index (χ1) is 7.14. The zero-order chi connectivity index (χ0) is 12.9. The Bertz CT molecular complexity index is 258. The highest BCUT2D eigenvalue weighted by atomic mass is 16.4. The van der Waals surface area contributed by atoms with Crippen molar-refractivity contribution in [1.29, 1.82) is 0 Å². The minimum atomic E-state index is -1.01. The fraction of sp³-hybridized carbons (Fsp3) is 0.818. The van der Waals surface area contributed by atoms with Gasteiger partial charge in [0.05, 0.1) is 0 Å². The van der Waals surface area contributed by atoms with Gasteiger partial charge in [-0.25, -0.2) is 4.79 Å². The van der Waals surface area contributed by atoms with Gasteiger partial charge in [-0.3, -0.25) is 4.79 Å². The number of nitrogens with zero attached hydrogens (tertiary/aromatic N) is 1. The van der Waals surface area contributed by atoms with Gasteiger partial charge >= 0.3 is 12.0 Å². The van der Waals surface area contributed by atoms with Gasteiger partial charge < -0.3 is 15.3 Å². The van der Waals surface area contributed by atoms with E-state index in [-0.39, 0.29) is 18.0 Å². The van der Waals surface area contributed by atoms with Crippen molar-refractivity contribution in [3.05, 3.63) is 0 Å². The lowest BCUT2D eigenvalue weighted by Crippen LogP contribution is -2.43. The summed E-state index contributed by atoms with van der Waals surface area (Å²) in [5.74, 6) is -0.684. The van der Waals surface area contributed by atoms with E-state index in [4.69, 9.17) is 5.11 Å². The Balaban J connectivity index is 4.03. The van der Waals surface area contributed by atoms with E-state index in [2.05, 4.69) is 33.0 Å². The molecule has 0 bridgehead atoms. The number of amides is 2. The molecule has 0 aromatic rings. The van der Waals surface area contributed by atoms with Crippen LogP contribution in [-0.2, 0) is 4.79 Å². The molecule has 0 aromatic carbocycles. The Kier molecular flexibility index (Phi) is 5.27. The molecule has 5 heteroatoms. The van der Waals surface area contributed by atoms with Gasteiger partial charge in [0.15, 0.2) is 0 Å². The summed E-state index contributed by atoms with van der Waals surface area (Å²) in [6.07, 6.45) is 0. The maximum absolute atomic E-state index is 11.5. The van der Waals surface area contributed by atoms with Crippen molar-refractivity contribution in [2.45, 2.75) is 27.7 Å². The molecule has 0 saturated carbocycles. The molecule has 0 radical (unpaired) electrons. The van der Waals surface area contributed by atoms with Crippen molar-refractivity contribution in [3.8, 4) is 0 Å². The average molecular weight is 230 g/mol. The predicted octanol–water partition coefficient (Wildman–Crippen LogP) is 1.39. The highest BCUT2D eigenvalue weighted by Crippen LogP contribution is 2.24. The largest absolute Gasteiger partial charge is 0.480 e. The van der Waals surface area contributed by atoms with E-state index in [0.29, 0.717) is 12.5 Å². The summed E-state index contributed by atoms with van der Waals surface area (Å²) in [6.45, 7) is 8.62. The number of nitrogens with one attached hydrogen (secondary N) is 1. The third-order valence-corrected chi connectivity index (χ3v) is 2.76. The molecule has 0 spiro atoms. The number of carboxylic acid groups (broad SMARTS) is 1. The van der Waals surface area contributed by atoms with Crippen LogP contribution in [-0.4, -0.2) is 42.1 Å². The van der Waals surface area contributed by atoms with Crippen LogP contribution in [0.15, 0.2) is 0 Å². The second-order valence-electron chi connectivity index (χ2n) is 5.20. The second kappa shape index (κ2) is 5.72. The minimum absolute atomic E-state index is 0.124. The lowest BCUT2D eigenvalue weighted by molar-refractivity contribution is -0.137. The smallest absolute Gasteiger partial charge is 0.323 e. The van der Waals surface area contributed by atoms with Crippen LogP contribution in [0.25, 0.3) is 0 Å². The van der Waals surface area contributed by atoms with E-state index in [1.165, 1.54) is 7.05 Å². The first-order valence-electron chi connectivity index (χ1n) is 5.35. The van der Waals surface area contributed by atoms with Crippen LogP contribution in [0.1, 0.15) is 27.7 Å². The van der Waals surface area contributed by atoms with Crippen molar-refractivity contribution in [2.24, 2.45) is 11.3 Å². The third-order valence-electron chi connectivity index (χ3n) is 2.76. The number of carbonyl (C=O) groups excluding carboxylic acids is 1. The van der Waals surface area contributed by atoms with Crippen molar-refractivity contribution in [3.63, 3.8) is 0 Å². The zero-order valence-electron chi connectivity index (χ0n) is 10.7. The standard InChI is InChI=1S/C11H22N2O3/c1-8(11(2,3)4)6-12-10(16)13(5)7-9(14)15/h8H,6-7H2,1-5H3,(H,12,16)(H,14,15). The number of carbonyl (C=O) groups is 2. The molecule has 0 rings (SSSR count). The van der Waals surface area contributed by atoms with Crippen LogP contribution in [0.5, 0.6) is 0 Å². The quantitative estimate of drug-likeness (QED) is 0.767. The molecule has 0 heterocycles. The molecule has 0 fully saturated rings. The summed E-state index contributed by atoms with van der Waals surface area (Å²) in [6, 6.07) is -0.349. The van der Waals surface area contributed by atoms with Crippen LogP contribution >= 0.6 is 0 Å². The highest BCUT2D eigenvalue weighted by Gasteiger charge is 2.21. The van der Waals surface area contributed by atoms with E-state index in [9.17, 15) is 9.59 Å². The molecule has 2 amide bonds. The first kappa shape index (κ1) is 14.7. The summed E-state index contributed by atoms with van der Waals surface area (Å²) in [5.41, 5.74) is 0.124. The van der Waals surface area contributed by atoms with Crippen LogP contribution in [0.4, 0.5) is 4.79 Å². The second-order valence-corrected chi connectivity index (χ2v) is 5.20. The number of aliphatic carboxylic acids is 1. The molecule has 0 aliphatic carbocycles. The summed E-state index contributed by atoms with van der Waals surface area (Å²) in [7, 11) is 1.46. The summed E-state index contributed by atoms with van der Waals surface area (Å²) in [5, 5.41) is 11.2. The topological polar surface area (TPSA) is 69.6 Å². The molecule has 0 aliphatic heterocycles. The lowest BCUT2D eigenvalue weighted by atomic mass is 9.82. The molecule has 2 N–H and O–H groups in total. The van der Waals surface area contributed by atoms with Crippen molar-refractivity contribution in [1.82, 2.24) is 10.2 Å². The predicted molar refractivity (Wildman–Crippen MR) is 62.3 cm³/mol. The Morgan fingerprint density at radius 1 is 1.38 bits per heavy atom. The number of likely N-dealkylation sites (N-methyl/N-ethyl adjacent to an activating group) is 1. The van der Waals surface area contributed by atoms with Gasteiger partial charge in [0.25, 0.3) is 0 Å². The van der Waals surface area contributed by atoms with Crippen molar-refractivity contribution < 1.29 is 14.7 Å². The van der Waals surface area contributed by atoms with Gasteiger partial charge in [0.2, 0.25) is 0 Å². The zero-order valence-corrected chi connectivity index (χ0v) is 10.7. The molecule has 0 aliphatic rings. The van der Waals surface area contributed by atoms with E-state index in [1.807, 2.05) is 0 Å². The van der Waals surface area contributed by atoms with E-state index >= 15 is 0 Å². The number of carboxylic acids is 1. The Labute approximate surface area is 96.8 Å². The number of rotatable bonds is 4. The highest BCUT2D eigenvalue weighted by molar-refractivity contribution is 5.79. The number of hydrogen-bond donors (Lipinski definition) is 2. The fourth-order valence-corrected chi connectivity index (χ4v) is 0.956. The normalized spacial score (nSPS) is 13.1. The number of urea groups is 1. The van der Waals surface area contributed by atoms with Gasteiger partial charge in [0, 0.05) is 13.6 Å². The maximum atomic E-state index is 11.5. The van der Waals surface area contributed by atoms with E-state index in [1.54, 1.807) is 0 Å². The molecule has 16 heavy (non-hydrogen) atoms. The molecular formula is C11H22N2O3. The summed E-state index contributed by atoms with van der Waals surface area (Å²) in [4.78, 5) is 23.0. The monoisotopic (exact) mass is 230 g/mol. The van der Waals surface area contributed by atoms with Gasteiger partial charge in [-0.1, -0.05) is 27.7 Å². The summed E-state index contributed by atoms with van der Waals surface area (Å²) >= 11 is 0. The van der Waals surface area contributed by atoms with Gasteiger partial charge in [-0.15, -0.1) is 0 Å². The van der Waals surface area contributed by atoms with Gasteiger partial charge in [-0.2, -0.15) is 0 Å². The molecule has 0 aromatic heterocycles. The minimum Gasteiger partial charge on any atom is -0.480 e. The Morgan fingerprint density at radius 3 is 2.25 bits per heavy atom. The maximum Gasteiger partial charge on any atom is 0.323 e. The SMILES string of the molecule is CC(CNC(=O)N(C)CC(=O)O)C(C)(C)C. The van der Waals surface area contributed by atoms with Crippen LogP contribution in [0.3, 0.4) is 0 Å². The summed E-state index contributed by atoms with van der Waals surface area (Å²) < 4.78 is 0. The third kappa shape index (κ3) is 5.58. The van der Waals surface area contributed by atoms with E-state index < -0.39 is 5.97 Å². The Hall–Kier alpha value is -1.26. The van der Waals surface area contributed by atoms with Crippen LogP contribution in [0, 0.1) is 11.3 Å². The van der Waals surface area contributed by atoms with Gasteiger partial charge in [-0.05, 0) is 11.3 Å². The molecule has 0 saturated heterocycles. The first-order valence-corrected chi connectivity index (χ1v) is 5.35. The Morgan fingerprint density at radius 2 is 1.88 bits per heavy atom. The van der Waals surface area contributed by atoms with E-state index in [0.717, 1.165) is 4.90 Å². The fourth-order valence-electron chi connectivity index (χ4n) is 0.956. The molecule has 1 atom stereocenters.